The van der Waals surface area contributed by atoms with Crippen molar-refractivity contribution in [2.45, 2.75) is 38.0 Å². The zero-order valence-corrected chi connectivity index (χ0v) is 12.1. The van der Waals surface area contributed by atoms with Gasteiger partial charge in [0.25, 0.3) is 0 Å². The lowest BCUT2D eigenvalue weighted by molar-refractivity contribution is -0.143. The van der Waals surface area contributed by atoms with Crippen LogP contribution in [-0.2, 0) is 23.6 Å². The molecule has 0 aliphatic carbocycles. The van der Waals surface area contributed by atoms with Gasteiger partial charge in [-0.1, -0.05) is 0 Å². The fraction of sp³-hybridized carbons (Fsp3) is 0.533. The number of halogens is 6. The van der Waals surface area contributed by atoms with E-state index < -0.39 is 35.8 Å². The molecule has 1 aliphatic heterocycles. The van der Waals surface area contributed by atoms with Gasteiger partial charge >= 0.3 is 12.4 Å². The molecule has 0 atom stereocenters. The average molecular weight is 339 g/mol. The number of alkyl halides is 6. The van der Waals surface area contributed by atoms with E-state index in [2.05, 4.69) is 0 Å². The number of rotatable bonds is 2. The highest BCUT2D eigenvalue weighted by Crippen LogP contribution is 2.36. The number of hydrogen-bond donors (Lipinski definition) is 0. The maximum absolute atomic E-state index is 12.8. The summed E-state index contributed by atoms with van der Waals surface area (Å²) >= 11 is 0. The number of piperidine rings is 1. The predicted molar refractivity (Wildman–Crippen MR) is 70.6 cm³/mol. The second-order valence-electron chi connectivity index (χ2n) is 5.53. The van der Waals surface area contributed by atoms with Crippen molar-refractivity contribution in [3.05, 3.63) is 34.9 Å². The van der Waals surface area contributed by atoms with E-state index in [1.165, 1.54) is 4.90 Å². The van der Waals surface area contributed by atoms with Crippen molar-refractivity contribution in [3.63, 3.8) is 0 Å². The van der Waals surface area contributed by atoms with Crippen LogP contribution in [-0.4, -0.2) is 23.9 Å². The molecule has 0 bridgehead atoms. The number of hydrogen-bond acceptors (Lipinski definition) is 1. The third-order valence-corrected chi connectivity index (χ3v) is 3.71. The maximum Gasteiger partial charge on any atom is 0.416 e. The summed E-state index contributed by atoms with van der Waals surface area (Å²) in [4.78, 5) is 13.5. The molecule has 1 aliphatic rings. The van der Waals surface area contributed by atoms with Gasteiger partial charge in [0.15, 0.2) is 0 Å². The molecule has 2 rings (SSSR count). The molecular weight excluding hydrogens is 324 g/mol. The number of nitrogens with zero attached hydrogens (tertiary/aromatic N) is 1. The molecule has 1 aromatic carbocycles. The SMILES string of the molecule is O=C(Cc1cc(C(F)(F)F)cc(C(F)(F)F)c1)N1CCCCC1. The molecule has 8 heteroatoms. The minimum Gasteiger partial charge on any atom is -0.342 e. The van der Waals surface area contributed by atoms with Gasteiger partial charge in [-0.15, -0.1) is 0 Å². The molecule has 1 heterocycles. The number of benzene rings is 1. The van der Waals surface area contributed by atoms with Crippen molar-refractivity contribution in [2.75, 3.05) is 13.1 Å². The summed E-state index contributed by atoms with van der Waals surface area (Å²) in [5.74, 6) is -0.447. The van der Waals surface area contributed by atoms with Gasteiger partial charge in [-0.25, -0.2) is 0 Å². The Balaban J connectivity index is 2.28. The van der Waals surface area contributed by atoms with Gasteiger partial charge in [0.05, 0.1) is 17.5 Å². The molecular formula is C15H15F6NO. The van der Waals surface area contributed by atoms with Crippen LogP contribution in [0.4, 0.5) is 26.3 Å². The van der Waals surface area contributed by atoms with Gasteiger partial charge in [0.2, 0.25) is 5.91 Å². The zero-order chi connectivity index (χ0) is 17.3. The van der Waals surface area contributed by atoms with Crippen LogP contribution in [0.5, 0.6) is 0 Å². The second-order valence-corrected chi connectivity index (χ2v) is 5.53. The van der Waals surface area contributed by atoms with E-state index in [1.54, 1.807) is 0 Å². The van der Waals surface area contributed by atoms with Crippen LogP contribution in [0.15, 0.2) is 18.2 Å². The molecule has 0 saturated carbocycles. The van der Waals surface area contributed by atoms with Gasteiger partial charge in [-0.2, -0.15) is 26.3 Å². The lowest BCUT2D eigenvalue weighted by Gasteiger charge is -2.27. The standard InChI is InChI=1S/C15H15F6NO/c16-14(17,18)11-6-10(7-12(9-11)15(19,20)21)8-13(23)22-4-2-1-3-5-22/h6-7,9H,1-5,8H2. The van der Waals surface area contributed by atoms with Crippen LogP contribution in [0.1, 0.15) is 36.0 Å². The van der Waals surface area contributed by atoms with Crippen molar-refractivity contribution in [1.29, 1.82) is 0 Å². The average Bonchev–Trinajstić information content (AvgIpc) is 2.46. The molecule has 1 fully saturated rings. The largest absolute Gasteiger partial charge is 0.416 e. The van der Waals surface area contributed by atoms with E-state index >= 15 is 0 Å². The summed E-state index contributed by atoms with van der Waals surface area (Å²) in [6, 6.07) is 1.28. The molecule has 0 spiro atoms. The molecule has 0 aromatic heterocycles. The Hall–Kier alpha value is -1.73. The van der Waals surface area contributed by atoms with Gasteiger partial charge in [-0.3, -0.25) is 4.79 Å². The molecule has 0 radical (unpaired) electrons. The van der Waals surface area contributed by atoms with E-state index in [-0.39, 0.29) is 11.6 Å². The molecule has 23 heavy (non-hydrogen) atoms. The number of carbonyl (C=O) groups excluding carboxylic acids is 1. The number of likely N-dealkylation sites (tertiary alicyclic amines) is 1. The van der Waals surface area contributed by atoms with Crippen molar-refractivity contribution >= 4 is 5.91 Å². The highest BCUT2D eigenvalue weighted by molar-refractivity contribution is 5.79. The predicted octanol–water partition coefficient (Wildman–Crippen LogP) is 4.28. The fourth-order valence-corrected chi connectivity index (χ4v) is 2.55. The molecule has 1 saturated heterocycles. The molecule has 2 nitrogen and oxygen atoms in total. The summed E-state index contributed by atoms with van der Waals surface area (Å²) in [5, 5.41) is 0. The highest BCUT2D eigenvalue weighted by atomic mass is 19.4. The van der Waals surface area contributed by atoms with Gasteiger partial charge < -0.3 is 4.90 Å². The Morgan fingerprint density at radius 3 is 1.78 bits per heavy atom. The Kier molecular flexibility index (Phi) is 4.91. The minimum absolute atomic E-state index is 0.0644. The number of amides is 1. The summed E-state index contributed by atoms with van der Waals surface area (Å²) < 4.78 is 76.6. The first-order chi connectivity index (χ1) is 10.6. The Labute approximate surface area is 129 Å². The first-order valence-corrected chi connectivity index (χ1v) is 7.13. The Morgan fingerprint density at radius 1 is 0.870 bits per heavy atom. The first kappa shape index (κ1) is 17.6. The van der Waals surface area contributed by atoms with Crippen LogP contribution >= 0.6 is 0 Å². The van der Waals surface area contributed by atoms with Crippen LogP contribution in [0.3, 0.4) is 0 Å². The maximum atomic E-state index is 12.8. The molecule has 128 valence electrons. The van der Waals surface area contributed by atoms with E-state index in [0.29, 0.717) is 25.2 Å². The van der Waals surface area contributed by atoms with Crippen LogP contribution in [0.25, 0.3) is 0 Å². The molecule has 0 unspecified atom stereocenters. The summed E-state index contributed by atoms with van der Waals surface area (Å²) in [6.07, 6.45) is -7.71. The summed E-state index contributed by atoms with van der Waals surface area (Å²) in [7, 11) is 0. The summed E-state index contributed by atoms with van der Waals surface area (Å²) in [6.45, 7) is 0.980. The van der Waals surface area contributed by atoms with E-state index in [1.807, 2.05) is 0 Å². The van der Waals surface area contributed by atoms with E-state index in [4.69, 9.17) is 0 Å². The second kappa shape index (κ2) is 6.41. The lowest BCUT2D eigenvalue weighted by atomic mass is 10.0. The summed E-state index contributed by atoms with van der Waals surface area (Å²) in [5.41, 5.74) is -3.06. The minimum atomic E-state index is -4.90. The molecule has 0 N–H and O–H groups in total. The van der Waals surface area contributed by atoms with Crippen LogP contribution < -0.4 is 0 Å². The molecule has 1 aromatic rings. The lowest BCUT2D eigenvalue weighted by Crippen LogP contribution is -2.36. The van der Waals surface area contributed by atoms with Gasteiger partial charge in [0.1, 0.15) is 0 Å². The van der Waals surface area contributed by atoms with Crippen molar-refractivity contribution in [3.8, 4) is 0 Å². The normalized spacial score (nSPS) is 16.5. The van der Waals surface area contributed by atoms with Crippen molar-refractivity contribution in [1.82, 2.24) is 4.90 Å². The quantitative estimate of drug-likeness (QED) is 0.737. The fourth-order valence-electron chi connectivity index (χ4n) is 2.55. The molecule has 1 amide bonds. The smallest absolute Gasteiger partial charge is 0.342 e. The van der Waals surface area contributed by atoms with Crippen LogP contribution in [0.2, 0.25) is 0 Å². The highest BCUT2D eigenvalue weighted by Gasteiger charge is 2.37. The van der Waals surface area contributed by atoms with Gasteiger partial charge in [0, 0.05) is 13.1 Å². The van der Waals surface area contributed by atoms with Crippen molar-refractivity contribution < 1.29 is 31.1 Å². The van der Waals surface area contributed by atoms with Crippen LogP contribution in [0, 0.1) is 0 Å². The van der Waals surface area contributed by atoms with Gasteiger partial charge in [-0.05, 0) is 43.0 Å². The topological polar surface area (TPSA) is 20.3 Å². The Bertz CT molecular complexity index is 540. The Morgan fingerprint density at radius 2 is 1.35 bits per heavy atom. The third-order valence-electron chi connectivity index (χ3n) is 3.71. The number of carbonyl (C=O) groups is 1. The first-order valence-electron chi connectivity index (χ1n) is 7.13. The van der Waals surface area contributed by atoms with E-state index in [0.717, 1.165) is 19.3 Å². The monoisotopic (exact) mass is 339 g/mol. The van der Waals surface area contributed by atoms with E-state index in [9.17, 15) is 31.1 Å². The van der Waals surface area contributed by atoms with Crippen molar-refractivity contribution in [2.24, 2.45) is 0 Å². The zero-order valence-electron chi connectivity index (χ0n) is 12.1. The third kappa shape index (κ3) is 4.62.